The van der Waals surface area contributed by atoms with Crippen molar-refractivity contribution >= 4 is 5.95 Å². The number of hydrogen-bond donors (Lipinski definition) is 1. The third kappa shape index (κ3) is 4.81. The molecule has 10 heteroatoms. The first kappa shape index (κ1) is 17.0. The molecule has 0 atom stereocenters. The molecule has 0 spiro atoms. The summed E-state index contributed by atoms with van der Waals surface area (Å²) in [5, 5.41) is 3.92. The van der Waals surface area contributed by atoms with Crippen LogP contribution in [-0.4, -0.2) is 46.9 Å². The van der Waals surface area contributed by atoms with Crippen LogP contribution in [0.15, 0.2) is 30.6 Å². The maximum Gasteiger partial charge on any atom is 0.330 e. The molecule has 0 aliphatic heterocycles. The van der Waals surface area contributed by atoms with Gasteiger partial charge in [0.25, 0.3) is 0 Å². The summed E-state index contributed by atoms with van der Waals surface area (Å²) in [4.78, 5) is 3.78. The normalized spacial score (nSPS) is 11.9. The van der Waals surface area contributed by atoms with Crippen LogP contribution in [-0.2, 0) is 4.74 Å². The Hall–Kier alpha value is -2.36. The van der Waals surface area contributed by atoms with E-state index in [4.69, 9.17) is 10.5 Å². The van der Waals surface area contributed by atoms with E-state index in [2.05, 4.69) is 14.8 Å². The van der Waals surface area contributed by atoms with Gasteiger partial charge in [0, 0.05) is 0 Å². The number of aromatic nitrogens is 3. The maximum absolute atomic E-state index is 12.6. The number of halogens is 4. The van der Waals surface area contributed by atoms with Gasteiger partial charge in [-0.15, -0.1) is 5.10 Å². The number of alkyl halides is 4. The number of nitrogens with two attached hydrogens (primary N) is 1. The van der Waals surface area contributed by atoms with Gasteiger partial charge in [-0.05, 0) is 24.3 Å². The number of hydrogen-bond acceptors (Lipinski definition) is 5. The summed E-state index contributed by atoms with van der Waals surface area (Å²) in [6, 6.07) is 6.63. The van der Waals surface area contributed by atoms with Gasteiger partial charge in [-0.2, -0.15) is 8.78 Å². The molecular formula is C13H14F4N4O2. The topological polar surface area (TPSA) is 75.2 Å². The summed E-state index contributed by atoms with van der Waals surface area (Å²) in [6.45, 7) is -1.63. The van der Waals surface area contributed by atoms with Crippen molar-refractivity contribution in [2.75, 3.05) is 25.6 Å². The number of benzene rings is 1. The van der Waals surface area contributed by atoms with Crippen LogP contribution in [0.3, 0.4) is 0 Å². The van der Waals surface area contributed by atoms with Crippen molar-refractivity contribution in [3.05, 3.63) is 30.6 Å². The molecule has 0 saturated heterocycles. The number of anilines is 1. The molecule has 0 saturated carbocycles. The first-order chi connectivity index (χ1) is 10.9. The molecule has 23 heavy (non-hydrogen) atoms. The molecule has 2 aromatic rings. The Balaban J connectivity index is 1.74. The minimum atomic E-state index is -4.15. The second-order valence-electron chi connectivity index (χ2n) is 4.50. The molecule has 1 heterocycles. The van der Waals surface area contributed by atoms with Gasteiger partial charge in [0.2, 0.25) is 5.95 Å². The number of ether oxygens (including phenoxy) is 2. The fourth-order valence-corrected chi connectivity index (χ4v) is 1.59. The monoisotopic (exact) mass is 334 g/mol. The van der Waals surface area contributed by atoms with Gasteiger partial charge in [0.05, 0.1) is 12.3 Å². The minimum Gasteiger partial charge on any atom is -0.491 e. The Morgan fingerprint density at radius 2 is 1.87 bits per heavy atom. The molecule has 2 rings (SSSR count). The van der Waals surface area contributed by atoms with E-state index in [0.29, 0.717) is 11.4 Å². The molecule has 126 valence electrons. The fourth-order valence-electron chi connectivity index (χ4n) is 1.59. The van der Waals surface area contributed by atoms with E-state index in [0.717, 1.165) is 0 Å². The average Bonchev–Trinajstić information content (AvgIpc) is 2.94. The van der Waals surface area contributed by atoms with Crippen LogP contribution in [0.25, 0.3) is 5.69 Å². The van der Waals surface area contributed by atoms with Gasteiger partial charge in [0.1, 0.15) is 25.3 Å². The third-order valence-corrected chi connectivity index (χ3v) is 2.72. The summed E-state index contributed by atoms with van der Waals surface area (Å²) < 4.78 is 60.1. The highest BCUT2D eigenvalue weighted by Gasteiger charge is 2.40. The third-order valence-electron chi connectivity index (χ3n) is 2.72. The predicted octanol–water partition coefficient (Wildman–Crippen LogP) is 2.15. The van der Waals surface area contributed by atoms with Crippen molar-refractivity contribution in [3.63, 3.8) is 0 Å². The van der Waals surface area contributed by atoms with Crippen molar-refractivity contribution in [2.24, 2.45) is 0 Å². The van der Waals surface area contributed by atoms with E-state index in [1.807, 2.05) is 0 Å². The molecule has 0 fully saturated rings. The van der Waals surface area contributed by atoms with Gasteiger partial charge in [-0.3, -0.25) is 0 Å². The fraction of sp³-hybridized carbons (Fsp3) is 0.385. The molecule has 0 radical (unpaired) electrons. The van der Waals surface area contributed by atoms with Crippen LogP contribution < -0.4 is 10.5 Å². The molecule has 1 aromatic heterocycles. The van der Waals surface area contributed by atoms with Crippen LogP contribution in [0.1, 0.15) is 0 Å². The Labute approximate surface area is 128 Å². The Morgan fingerprint density at radius 1 is 1.17 bits per heavy atom. The minimum absolute atomic E-state index is 0.0467. The summed E-state index contributed by atoms with van der Waals surface area (Å²) >= 11 is 0. The highest BCUT2D eigenvalue weighted by Crippen LogP contribution is 2.22. The summed E-state index contributed by atoms with van der Waals surface area (Å²) in [5.41, 5.74) is 6.11. The first-order valence-corrected chi connectivity index (χ1v) is 6.52. The van der Waals surface area contributed by atoms with E-state index in [9.17, 15) is 17.6 Å². The zero-order chi connectivity index (χ0) is 16.9. The number of nitrogen functional groups attached to an aromatic ring is 1. The highest BCUT2D eigenvalue weighted by atomic mass is 19.3. The maximum atomic E-state index is 12.6. The molecule has 2 N–H and O–H groups in total. The lowest BCUT2D eigenvalue weighted by Gasteiger charge is -2.15. The van der Waals surface area contributed by atoms with E-state index >= 15 is 0 Å². The largest absolute Gasteiger partial charge is 0.491 e. The summed E-state index contributed by atoms with van der Waals surface area (Å²) in [7, 11) is 0. The molecule has 0 unspecified atom stereocenters. The van der Waals surface area contributed by atoms with Crippen LogP contribution in [0.2, 0.25) is 0 Å². The van der Waals surface area contributed by atoms with Crippen molar-refractivity contribution < 1.29 is 27.0 Å². The van der Waals surface area contributed by atoms with E-state index in [1.165, 1.54) is 11.0 Å². The SMILES string of the molecule is Nc1ncn(-c2ccc(OCCOCC(F)(F)C(F)F)cc2)n1. The smallest absolute Gasteiger partial charge is 0.330 e. The molecule has 6 nitrogen and oxygen atoms in total. The summed E-state index contributed by atoms with van der Waals surface area (Å²) in [6.07, 6.45) is -2.30. The lowest BCUT2D eigenvalue weighted by atomic mass is 10.3. The second kappa shape index (κ2) is 7.27. The quantitative estimate of drug-likeness (QED) is 0.591. The van der Waals surface area contributed by atoms with Crippen molar-refractivity contribution in [1.82, 2.24) is 14.8 Å². The second-order valence-corrected chi connectivity index (χ2v) is 4.50. The van der Waals surface area contributed by atoms with E-state index < -0.39 is 19.0 Å². The standard InChI is InChI=1S/C13H14F4N4O2/c14-11(15)13(16,17)7-22-5-6-23-10-3-1-9(2-4-10)21-8-19-12(18)20-21/h1-4,8,11H,5-7H2,(H2,18,20). The lowest BCUT2D eigenvalue weighted by Crippen LogP contribution is -2.33. The van der Waals surface area contributed by atoms with Gasteiger partial charge >= 0.3 is 12.3 Å². The Kier molecular flexibility index (Phi) is 5.37. The van der Waals surface area contributed by atoms with Gasteiger partial charge in [-0.25, -0.2) is 18.4 Å². The van der Waals surface area contributed by atoms with Crippen molar-refractivity contribution in [3.8, 4) is 11.4 Å². The number of rotatable bonds is 8. The van der Waals surface area contributed by atoms with Crippen LogP contribution in [0.4, 0.5) is 23.5 Å². The average molecular weight is 334 g/mol. The predicted molar refractivity (Wildman–Crippen MR) is 73.0 cm³/mol. The Bertz CT molecular complexity index is 619. The molecular weight excluding hydrogens is 320 g/mol. The van der Waals surface area contributed by atoms with Crippen LogP contribution >= 0.6 is 0 Å². The van der Waals surface area contributed by atoms with Gasteiger partial charge in [-0.1, -0.05) is 0 Å². The van der Waals surface area contributed by atoms with Crippen molar-refractivity contribution in [1.29, 1.82) is 0 Å². The molecule has 0 aliphatic carbocycles. The summed E-state index contributed by atoms with van der Waals surface area (Å²) in [5.74, 6) is -3.55. The first-order valence-electron chi connectivity index (χ1n) is 6.52. The zero-order valence-electron chi connectivity index (χ0n) is 11.8. The van der Waals surface area contributed by atoms with E-state index in [1.54, 1.807) is 24.3 Å². The molecule has 0 bridgehead atoms. The van der Waals surface area contributed by atoms with Crippen LogP contribution in [0, 0.1) is 0 Å². The highest BCUT2D eigenvalue weighted by molar-refractivity contribution is 5.37. The van der Waals surface area contributed by atoms with E-state index in [-0.39, 0.29) is 19.2 Å². The molecule has 0 amide bonds. The number of nitrogens with zero attached hydrogens (tertiary/aromatic N) is 3. The van der Waals surface area contributed by atoms with Crippen LogP contribution in [0.5, 0.6) is 5.75 Å². The zero-order valence-corrected chi connectivity index (χ0v) is 11.8. The molecule has 0 aliphatic rings. The van der Waals surface area contributed by atoms with Gasteiger partial charge in [0.15, 0.2) is 0 Å². The molecule has 1 aromatic carbocycles. The Morgan fingerprint density at radius 3 is 2.43 bits per heavy atom. The van der Waals surface area contributed by atoms with Gasteiger partial charge < -0.3 is 15.2 Å². The van der Waals surface area contributed by atoms with Crippen molar-refractivity contribution in [2.45, 2.75) is 12.3 Å². The lowest BCUT2D eigenvalue weighted by molar-refractivity contribution is -0.166.